The molecule has 0 aromatic heterocycles. The van der Waals surface area contributed by atoms with Gasteiger partial charge >= 0.3 is 5.97 Å². The van der Waals surface area contributed by atoms with E-state index in [1.54, 1.807) is 6.92 Å². The van der Waals surface area contributed by atoms with E-state index in [4.69, 9.17) is 9.53 Å². The van der Waals surface area contributed by atoms with Crippen molar-refractivity contribution in [3.63, 3.8) is 0 Å². The van der Waals surface area contributed by atoms with E-state index >= 15 is 0 Å². The van der Waals surface area contributed by atoms with Gasteiger partial charge in [0, 0.05) is 0 Å². The van der Waals surface area contributed by atoms with Gasteiger partial charge in [-0.15, -0.1) is 6.58 Å². The van der Waals surface area contributed by atoms with E-state index in [0.717, 1.165) is 18.4 Å². The maximum Gasteiger partial charge on any atom is 0.319 e. The highest BCUT2D eigenvalue weighted by Gasteiger charge is 2.08. The summed E-state index contributed by atoms with van der Waals surface area (Å²) in [4.78, 5) is 19.3. The molecule has 0 spiro atoms. The summed E-state index contributed by atoms with van der Waals surface area (Å²) < 4.78 is 4.93. The summed E-state index contributed by atoms with van der Waals surface area (Å²) in [6, 6.07) is 0. The maximum absolute atomic E-state index is 10.9. The summed E-state index contributed by atoms with van der Waals surface area (Å²) in [7, 11) is 0. The Morgan fingerprint density at radius 1 is 1.60 bits per heavy atom. The molecule has 0 saturated carbocycles. The highest BCUT2D eigenvalue weighted by molar-refractivity contribution is 9.10. The fourth-order valence-electron chi connectivity index (χ4n) is 0.662. The first-order valence-corrected chi connectivity index (χ1v) is 5.46. The maximum atomic E-state index is 10.9. The number of hydrogen-bond donors (Lipinski definition) is 0. The second-order valence-electron chi connectivity index (χ2n) is 2.99. The number of ether oxygens (including phenoxy) is 1. The minimum Gasteiger partial charge on any atom is -0.465 e. The van der Waals surface area contributed by atoms with Gasteiger partial charge in [0.1, 0.15) is 10.8 Å². The Balaban J connectivity index is 0. The van der Waals surface area contributed by atoms with Crippen molar-refractivity contribution >= 4 is 27.8 Å². The third kappa shape index (κ3) is 15.9. The summed E-state index contributed by atoms with van der Waals surface area (Å²) in [5, 5.41) is 0. The summed E-state index contributed by atoms with van der Waals surface area (Å²) in [5.41, 5.74) is 1.12. The van der Waals surface area contributed by atoms with Gasteiger partial charge in [0.15, 0.2) is 0 Å². The van der Waals surface area contributed by atoms with E-state index in [1.165, 1.54) is 5.94 Å². The minimum atomic E-state index is -0.206. The van der Waals surface area contributed by atoms with Crippen LogP contribution in [0.4, 0.5) is 0 Å². The van der Waals surface area contributed by atoms with Crippen molar-refractivity contribution in [2.75, 3.05) is 6.61 Å². The van der Waals surface area contributed by atoms with E-state index in [9.17, 15) is 4.79 Å². The molecule has 0 aromatic rings. The molecule has 0 radical (unpaired) electrons. The smallest absolute Gasteiger partial charge is 0.319 e. The van der Waals surface area contributed by atoms with Crippen LogP contribution in [0.1, 0.15) is 26.7 Å². The molecule has 1 unspecified atom stereocenters. The van der Waals surface area contributed by atoms with Crippen LogP contribution in [0.15, 0.2) is 18.7 Å². The zero-order valence-corrected chi connectivity index (χ0v) is 10.8. The number of carbonyl (C=O) groups is 1. The highest BCUT2D eigenvalue weighted by atomic mass is 79.9. The monoisotopic (exact) mass is 276 g/mol. The van der Waals surface area contributed by atoms with Gasteiger partial charge in [-0.1, -0.05) is 21.5 Å². The van der Waals surface area contributed by atoms with Crippen LogP contribution in [0.5, 0.6) is 0 Å². The van der Waals surface area contributed by atoms with E-state index in [1.807, 2.05) is 6.92 Å². The Kier molecular flexibility index (Phi) is 12.4. The Labute approximate surface area is 99.3 Å². The van der Waals surface area contributed by atoms with Gasteiger partial charge in [-0.3, -0.25) is 4.79 Å². The largest absolute Gasteiger partial charge is 0.465 e. The normalized spacial score (nSPS) is 10.3. The quantitative estimate of drug-likeness (QED) is 0.255. The van der Waals surface area contributed by atoms with Gasteiger partial charge in [-0.2, -0.15) is 0 Å². The molecule has 15 heavy (non-hydrogen) atoms. The number of esters is 1. The minimum absolute atomic E-state index is 0.197. The molecule has 4 heteroatoms. The Morgan fingerprint density at radius 2 is 2.07 bits per heavy atom. The van der Waals surface area contributed by atoms with Crippen LogP contribution in [-0.2, 0) is 14.3 Å². The van der Waals surface area contributed by atoms with Crippen LogP contribution in [0, 0.1) is 0 Å². The zero-order valence-electron chi connectivity index (χ0n) is 9.22. The first-order valence-electron chi connectivity index (χ1n) is 4.55. The predicted octanol–water partition coefficient (Wildman–Crippen LogP) is 2.67. The molecule has 1 atom stereocenters. The molecular weight excluding hydrogens is 260 g/mol. The average molecular weight is 277 g/mol. The molecule has 0 saturated heterocycles. The molecule has 0 fully saturated rings. The number of rotatable bonds is 5. The Bertz CT molecular complexity index is 228. The van der Waals surface area contributed by atoms with Crippen molar-refractivity contribution in [2.24, 2.45) is 0 Å². The zero-order chi connectivity index (χ0) is 12.3. The summed E-state index contributed by atoms with van der Waals surface area (Å²) in [6.07, 6.45) is 1.78. The van der Waals surface area contributed by atoms with Crippen molar-refractivity contribution in [3.8, 4) is 0 Å². The van der Waals surface area contributed by atoms with Gasteiger partial charge < -0.3 is 4.74 Å². The van der Waals surface area contributed by atoms with Crippen LogP contribution in [0.25, 0.3) is 0 Å². The molecule has 0 N–H and O–H groups in total. The van der Waals surface area contributed by atoms with Gasteiger partial charge in [0.05, 0.1) is 6.61 Å². The van der Waals surface area contributed by atoms with Gasteiger partial charge in [0.25, 0.3) is 0 Å². The van der Waals surface area contributed by atoms with Crippen LogP contribution in [-0.4, -0.2) is 23.3 Å². The standard InChI is InChI=1S/C9H15BrO2.C2H2O/c1-7(2)5-4-6-12-9(11)8(3)10;1-2-3/h8H,1,4-6H2,2-3H3;1H2. The number of alkyl halides is 1. The van der Waals surface area contributed by atoms with Crippen molar-refractivity contribution in [1.29, 1.82) is 0 Å². The Morgan fingerprint density at radius 3 is 2.40 bits per heavy atom. The van der Waals surface area contributed by atoms with Crippen molar-refractivity contribution in [3.05, 3.63) is 18.7 Å². The number of allylic oxidation sites excluding steroid dienone is 1. The molecule has 0 amide bonds. The number of halogens is 1. The average Bonchev–Trinajstić information content (AvgIpc) is 2.12. The summed E-state index contributed by atoms with van der Waals surface area (Å²) in [5.74, 6) is 1.05. The Hall–Kier alpha value is -0.860. The lowest BCUT2D eigenvalue weighted by molar-refractivity contribution is -0.142. The first-order chi connectivity index (χ1) is 6.95. The van der Waals surface area contributed by atoms with E-state index in [0.29, 0.717) is 6.61 Å². The fraction of sp³-hybridized carbons (Fsp3) is 0.545. The molecular formula is C11H17BrO3. The molecule has 0 aliphatic rings. The SMILES string of the molecule is C=C(C)CCCOC(=O)C(C)Br.C=C=O. The molecule has 86 valence electrons. The number of carbonyl (C=O) groups excluding carboxylic acids is 2. The second kappa shape index (κ2) is 11.2. The molecule has 3 nitrogen and oxygen atoms in total. The van der Waals surface area contributed by atoms with Crippen LogP contribution >= 0.6 is 15.9 Å². The summed E-state index contributed by atoms with van der Waals surface area (Å²) in [6.45, 7) is 10.6. The molecule has 0 aromatic carbocycles. The lowest BCUT2D eigenvalue weighted by Crippen LogP contribution is -2.14. The second-order valence-corrected chi connectivity index (χ2v) is 4.36. The molecule has 0 heterocycles. The summed E-state index contributed by atoms with van der Waals surface area (Å²) >= 11 is 3.13. The van der Waals surface area contributed by atoms with E-state index < -0.39 is 0 Å². The third-order valence-corrected chi connectivity index (χ3v) is 1.69. The van der Waals surface area contributed by atoms with Gasteiger partial charge in [0.2, 0.25) is 0 Å². The first kappa shape index (κ1) is 16.6. The topological polar surface area (TPSA) is 43.4 Å². The van der Waals surface area contributed by atoms with Crippen molar-refractivity contribution in [2.45, 2.75) is 31.5 Å². The number of hydrogen-bond acceptors (Lipinski definition) is 3. The third-order valence-electron chi connectivity index (χ3n) is 1.32. The predicted molar refractivity (Wildman–Crippen MR) is 64.7 cm³/mol. The molecule has 0 bridgehead atoms. The van der Waals surface area contributed by atoms with Crippen LogP contribution in [0.2, 0.25) is 0 Å². The van der Waals surface area contributed by atoms with E-state index in [-0.39, 0.29) is 10.8 Å². The molecule has 0 rings (SSSR count). The molecule has 0 aliphatic heterocycles. The lowest BCUT2D eigenvalue weighted by atomic mass is 10.2. The fourth-order valence-corrected chi connectivity index (χ4v) is 0.794. The van der Waals surface area contributed by atoms with Gasteiger partial charge in [-0.25, -0.2) is 4.79 Å². The molecule has 0 aliphatic carbocycles. The van der Waals surface area contributed by atoms with Crippen LogP contribution < -0.4 is 0 Å². The highest BCUT2D eigenvalue weighted by Crippen LogP contribution is 2.03. The van der Waals surface area contributed by atoms with Gasteiger partial charge in [-0.05, 0) is 33.3 Å². The van der Waals surface area contributed by atoms with Crippen molar-refractivity contribution < 1.29 is 14.3 Å². The van der Waals surface area contributed by atoms with Crippen molar-refractivity contribution in [1.82, 2.24) is 0 Å². The van der Waals surface area contributed by atoms with Crippen LogP contribution in [0.3, 0.4) is 0 Å². The lowest BCUT2D eigenvalue weighted by Gasteiger charge is -2.05. The van der Waals surface area contributed by atoms with E-state index in [2.05, 4.69) is 29.1 Å².